The molecule has 6 heteroatoms. The van der Waals surface area contributed by atoms with Gasteiger partial charge in [-0.1, -0.05) is 0 Å². The molecule has 0 saturated carbocycles. The van der Waals surface area contributed by atoms with Gasteiger partial charge >= 0.3 is 60.2 Å². The fourth-order valence-electron chi connectivity index (χ4n) is 0. The van der Waals surface area contributed by atoms with Gasteiger partial charge in [0.1, 0.15) is 0 Å². The Morgan fingerprint density at radius 3 is 0.833 bits per heavy atom. The van der Waals surface area contributed by atoms with Crippen LogP contribution in [0.2, 0.25) is 0 Å². The summed E-state index contributed by atoms with van der Waals surface area (Å²) in [5.74, 6) is 0. The zero-order chi connectivity index (χ0) is 5.15. The first-order valence-corrected chi connectivity index (χ1v) is 23.6. The molecule has 0 aliphatic carbocycles. The summed E-state index contributed by atoms with van der Waals surface area (Å²) in [4.78, 5) is 0. The van der Waals surface area contributed by atoms with E-state index in [0.29, 0.717) is 0 Å². The van der Waals surface area contributed by atoms with Crippen LogP contribution in [0.1, 0.15) is 0 Å². The van der Waals surface area contributed by atoms with Crippen molar-refractivity contribution in [3.8, 4) is 0 Å². The molecule has 0 unspecified atom stereocenters. The molecule has 6 heavy (non-hydrogen) atoms. The summed E-state index contributed by atoms with van der Waals surface area (Å²) in [6.45, 7) is 0. The Kier molecular flexibility index (Phi) is 6.18. The molecular formula is Cl4Re2. The van der Waals surface area contributed by atoms with Gasteiger partial charge in [-0.25, -0.2) is 0 Å². The molecule has 0 aromatic rings. The van der Waals surface area contributed by atoms with Crippen LogP contribution in [-0.4, -0.2) is 0 Å². The molecule has 0 saturated heterocycles. The van der Waals surface area contributed by atoms with Crippen molar-refractivity contribution in [2.75, 3.05) is 0 Å². The average molecular weight is 514 g/mol. The molecule has 42 valence electrons. The van der Waals surface area contributed by atoms with E-state index in [1.165, 1.54) is 0 Å². The van der Waals surface area contributed by atoms with Crippen molar-refractivity contribution in [2.45, 2.75) is 0 Å². The Morgan fingerprint density at radius 2 is 0.833 bits per heavy atom. The van der Waals surface area contributed by atoms with Crippen LogP contribution in [0, 0.1) is 0 Å². The van der Waals surface area contributed by atoms with Gasteiger partial charge < -0.3 is 0 Å². The van der Waals surface area contributed by atoms with E-state index in [2.05, 4.69) is 0 Å². The number of halogens is 4. The molecular weight excluding hydrogens is 514 g/mol. The Morgan fingerprint density at radius 1 is 0.667 bits per heavy atom. The Labute approximate surface area is 59.3 Å². The van der Waals surface area contributed by atoms with Crippen molar-refractivity contribution < 1.29 is 22.1 Å². The molecule has 0 aromatic carbocycles. The zero-order valence-electron chi connectivity index (χ0n) is 2.27. The molecule has 0 nitrogen and oxygen atoms in total. The van der Waals surface area contributed by atoms with E-state index in [-0.39, 0.29) is 0 Å². The quantitative estimate of drug-likeness (QED) is 0.467. The molecule has 0 radical (unpaired) electrons. The van der Waals surface area contributed by atoms with Crippen molar-refractivity contribution in [2.24, 2.45) is 0 Å². The molecule has 0 N–H and O–H groups in total. The molecule has 0 fully saturated rings. The molecule has 0 heterocycles. The van der Waals surface area contributed by atoms with Gasteiger partial charge in [-0.2, -0.15) is 0 Å². The van der Waals surface area contributed by atoms with Gasteiger partial charge in [-0.15, -0.1) is 0 Å². The van der Waals surface area contributed by atoms with Gasteiger partial charge in [0.25, 0.3) is 0 Å². The molecule has 0 spiro atoms. The van der Waals surface area contributed by atoms with Crippen LogP contribution in [0.15, 0.2) is 0 Å². The number of hydrogen-bond donors (Lipinski definition) is 0. The third-order valence-corrected chi connectivity index (χ3v) is 49.2. The molecule has 0 aromatic heterocycles. The van der Waals surface area contributed by atoms with Crippen molar-refractivity contribution >= 4 is 38.1 Å². The third kappa shape index (κ3) is 4.64. The first-order valence-electron chi connectivity index (χ1n) is 0.714. The molecule has 0 amide bonds. The monoisotopic (exact) mass is 514 g/mol. The zero-order valence-corrected chi connectivity index (χ0v) is 10.7. The van der Waals surface area contributed by atoms with Crippen molar-refractivity contribution in [1.29, 1.82) is 0 Å². The van der Waals surface area contributed by atoms with Gasteiger partial charge in [0.15, 0.2) is 0 Å². The predicted octanol–water partition coefficient (Wildman–Crippen LogP) is 2.75. The third-order valence-electron chi connectivity index (χ3n) is 0.0816. The second kappa shape index (κ2) is 4.37. The number of hydrogen-bond acceptors (Lipinski definition) is 0. The normalized spacial score (nSPS) is 11.0. The van der Waals surface area contributed by atoms with Crippen molar-refractivity contribution in [3.05, 3.63) is 0 Å². The van der Waals surface area contributed by atoms with E-state index in [4.69, 9.17) is 38.1 Å². The van der Waals surface area contributed by atoms with Gasteiger partial charge in [-0.3, -0.25) is 0 Å². The first-order chi connectivity index (χ1) is 2.64. The summed E-state index contributed by atoms with van der Waals surface area (Å²) < 4.78 is 0. The van der Waals surface area contributed by atoms with E-state index >= 15 is 0 Å². The standard InChI is InChI=1S/4ClH.2Re/h4*1H;;/q;;;;2*+2/p-4. The van der Waals surface area contributed by atoms with Gasteiger partial charge in [0.05, 0.1) is 0 Å². The van der Waals surface area contributed by atoms with E-state index in [0.717, 1.165) is 0 Å². The fraction of sp³-hybridized carbons (Fsp3) is 0. The predicted molar refractivity (Wildman–Crippen MR) is 23.4 cm³/mol. The van der Waals surface area contributed by atoms with Crippen LogP contribution in [0.4, 0.5) is 0 Å². The average Bonchev–Trinajstić information content (AvgIpc) is 1.36. The summed E-state index contributed by atoms with van der Waals surface area (Å²) in [5, 5.41) is 0. The summed E-state index contributed by atoms with van der Waals surface area (Å²) >= 11 is -3.90. The van der Waals surface area contributed by atoms with E-state index in [9.17, 15) is 0 Å². The summed E-state index contributed by atoms with van der Waals surface area (Å²) in [6, 6.07) is 0. The molecule has 0 aliphatic heterocycles. The second-order valence-electron chi connectivity index (χ2n) is 0.324. The summed E-state index contributed by atoms with van der Waals surface area (Å²) in [5.41, 5.74) is 0. The molecule has 0 bridgehead atoms. The van der Waals surface area contributed by atoms with E-state index < -0.39 is 22.1 Å². The minimum atomic E-state index is -1.95. The van der Waals surface area contributed by atoms with Gasteiger partial charge in [-0.05, 0) is 0 Å². The van der Waals surface area contributed by atoms with Crippen LogP contribution in [0.5, 0.6) is 0 Å². The Balaban J connectivity index is 3.98. The topological polar surface area (TPSA) is 0 Å². The van der Waals surface area contributed by atoms with Gasteiger partial charge in [0.2, 0.25) is 0 Å². The molecule has 0 atom stereocenters. The van der Waals surface area contributed by atoms with Crippen molar-refractivity contribution in [3.63, 3.8) is 0 Å². The maximum absolute atomic E-state index is 5.38. The van der Waals surface area contributed by atoms with E-state index in [1.54, 1.807) is 0 Å². The number of rotatable bonds is 0. The van der Waals surface area contributed by atoms with Crippen LogP contribution in [-0.2, 0) is 22.1 Å². The van der Waals surface area contributed by atoms with Crippen LogP contribution in [0.25, 0.3) is 0 Å². The van der Waals surface area contributed by atoms with Crippen LogP contribution < -0.4 is 0 Å². The first kappa shape index (κ1) is 8.48. The van der Waals surface area contributed by atoms with Crippen LogP contribution in [0.3, 0.4) is 0 Å². The minimum absolute atomic E-state index is 1.95. The van der Waals surface area contributed by atoms with Gasteiger partial charge in [0, 0.05) is 0 Å². The van der Waals surface area contributed by atoms with E-state index in [1.807, 2.05) is 0 Å². The SMILES string of the molecule is [Cl][Re]([Cl])#[Re]([Cl])[Cl]. The summed E-state index contributed by atoms with van der Waals surface area (Å²) in [7, 11) is 21.5. The van der Waals surface area contributed by atoms with Crippen LogP contribution >= 0.6 is 38.1 Å². The molecule has 0 rings (SSSR count). The van der Waals surface area contributed by atoms with Crippen molar-refractivity contribution in [1.82, 2.24) is 0 Å². The Bertz CT molecular complexity index is 94.7. The maximum atomic E-state index is 5.38. The Hall–Kier alpha value is 2.48. The fourth-order valence-corrected chi connectivity index (χ4v) is 0. The molecule has 0 aliphatic rings. The second-order valence-corrected chi connectivity index (χ2v) is 51.4. The summed E-state index contributed by atoms with van der Waals surface area (Å²) in [6.07, 6.45) is 0.